The van der Waals surface area contributed by atoms with E-state index in [1.165, 1.54) is 11.8 Å². The Morgan fingerprint density at radius 1 is 1.23 bits per heavy atom. The van der Waals surface area contributed by atoms with Crippen LogP contribution in [0, 0.1) is 11.3 Å². The van der Waals surface area contributed by atoms with Crippen LogP contribution >= 0.6 is 23.4 Å². The quantitative estimate of drug-likeness (QED) is 0.678. The molecule has 8 heteroatoms. The molecule has 1 N–H and O–H groups in total. The first-order valence-electron chi connectivity index (χ1n) is 7.65. The average Bonchev–Trinajstić information content (AvgIpc) is 3.02. The maximum absolute atomic E-state index is 12.2. The lowest BCUT2D eigenvalue weighted by molar-refractivity contribution is -0.113. The van der Waals surface area contributed by atoms with Gasteiger partial charge in [0.1, 0.15) is 6.07 Å². The third kappa shape index (κ3) is 4.04. The molecule has 0 fully saturated rings. The number of amides is 1. The number of rotatable bonds is 5. The van der Waals surface area contributed by atoms with E-state index in [1.807, 2.05) is 23.7 Å². The molecule has 6 nitrogen and oxygen atoms in total. The highest BCUT2D eigenvalue weighted by atomic mass is 35.5. The summed E-state index contributed by atoms with van der Waals surface area (Å²) in [5.41, 5.74) is 1.82. The number of carbonyl (C=O) groups is 1. The van der Waals surface area contributed by atoms with Gasteiger partial charge in [-0.3, -0.25) is 4.79 Å². The number of carbonyl (C=O) groups excluding carboxylic acids is 1. The molecular formula is C18H14ClN5OS. The van der Waals surface area contributed by atoms with Crippen molar-refractivity contribution in [3.05, 3.63) is 59.1 Å². The van der Waals surface area contributed by atoms with Crippen molar-refractivity contribution in [3.8, 4) is 17.5 Å². The van der Waals surface area contributed by atoms with Gasteiger partial charge in [0.2, 0.25) is 5.91 Å². The van der Waals surface area contributed by atoms with Crippen LogP contribution in [0.2, 0.25) is 5.02 Å². The summed E-state index contributed by atoms with van der Waals surface area (Å²) in [5.74, 6) is 0.639. The number of hydrogen-bond donors (Lipinski definition) is 1. The molecule has 0 radical (unpaired) electrons. The molecule has 0 saturated heterocycles. The number of anilines is 1. The lowest BCUT2D eigenvalue weighted by Crippen LogP contribution is -2.15. The second kappa shape index (κ2) is 8.04. The van der Waals surface area contributed by atoms with Crippen molar-refractivity contribution < 1.29 is 4.79 Å². The van der Waals surface area contributed by atoms with Gasteiger partial charge in [0, 0.05) is 17.6 Å². The number of nitrogens with one attached hydrogen (secondary N) is 1. The van der Waals surface area contributed by atoms with Crippen LogP contribution in [0.1, 0.15) is 5.56 Å². The van der Waals surface area contributed by atoms with Crippen molar-refractivity contribution in [2.75, 3.05) is 11.1 Å². The molecule has 3 aromatic rings. The largest absolute Gasteiger partial charge is 0.324 e. The van der Waals surface area contributed by atoms with Crippen LogP contribution < -0.4 is 5.32 Å². The number of nitriles is 1. The zero-order chi connectivity index (χ0) is 18.5. The number of thioether (sulfide) groups is 1. The molecule has 1 amide bonds. The Bertz CT molecular complexity index is 978. The van der Waals surface area contributed by atoms with Crippen molar-refractivity contribution in [1.82, 2.24) is 14.8 Å². The summed E-state index contributed by atoms with van der Waals surface area (Å²) >= 11 is 7.18. The highest BCUT2D eigenvalue weighted by Crippen LogP contribution is 2.24. The van der Waals surface area contributed by atoms with Gasteiger partial charge in [0.05, 0.1) is 17.0 Å². The molecule has 0 bridgehead atoms. The van der Waals surface area contributed by atoms with E-state index in [0.29, 0.717) is 27.3 Å². The smallest absolute Gasteiger partial charge is 0.234 e. The average molecular weight is 384 g/mol. The zero-order valence-electron chi connectivity index (χ0n) is 13.8. The number of nitrogens with zero attached hydrogens (tertiary/aromatic N) is 4. The van der Waals surface area contributed by atoms with Crippen LogP contribution in [0.25, 0.3) is 11.4 Å². The fourth-order valence-corrected chi connectivity index (χ4v) is 3.13. The van der Waals surface area contributed by atoms with E-state index < -0.39 is 0 Å². The topological polar surface area (TPSA) is 83.6 Å². The molecular weight excluding hydrogens is 370 g/mol. The summed E-state index contributed by atoms with van der Waals surface area (Å²) < 4.78 is 1.82. The standard InChI is InChI=1S/C18H14ClN5OS/c1-24-17(12-6-8-14(19)9-7-12)22-23-18(24)26-11-16(25)21-15-5-3-2-4-13(15)10-20/h2-9H,11H2,1H3,(H,21,25). The van der Waals surface area contributed by atoms with Gasteiger partial charge in [-0.2, -0.15) is 5.26 Å². The molecule has 1 heterocycles. The van der Waals surface area contributed by atoms with Gasteiger partial charge in [-0.25, -0.2) is 0 Å². The Morgan fingerprint density at radius 2 is 1.96 bits per heavy atom. The second-order valence-corrected chi connectivity index (χ2v) is 6.75. The van der Waals surface area contributed by atoms with Crippen LogP contribution in [0.3, 0.4) is 0 Å². The maximum Gasteiger partial charge on any atom is 0.234 e. The first kappa shape index (κ1) is 18.0. The van der Waals surface area contributed by atoms with E-state index in [4.69, 9.17) is 16.9 Å². The highest BCUT2D eigenvalue weighted by Gasteiger charge is 2.13. The summed E-state index contributed by atoms with van der Waals surface area (Å²) in [6.07, 6.45) is 0. The van der Waals surface area contributed by atoms with Gasteiger partial charge in [0.25, 0.3) is 0 Å². The van der Waals surface area contributed by atoms with Gasteiger partial charge in [-0.05, 0) is 36.4 Å². The third-order valence-corrected chi connectivity index (χ3v) is 4.86. The fourth-order valence-electron chi connectivity index (χ4n) is 2.30. The lowest BCUT2D eigenvalue weighted by atomic mass is 10.2. The Morgan fingerprint density at radius 3 is 2.69 bits per heavy atom. The summed E-state index contributed by atoms with van der Waals surface area (Å²) in [7, 11) is 1.84. The minimum Gasteiger partial charge on any atom is -0.324 e. The molecule has 1 aromatic heterocycles. The Balaban J connectivity index is 1.66. The molecule has 26 heavy (non-hydrogen) atoms. The molecule has 3 rings (SSSR count). The van der Waals surface area contributed by atoms with E-state index in [2.05, 4.69) is 21.6 Å². The summed E-state index contributed by atoms with van der Waals surface area (Å²) in [4.78, 5) is 12.2. The molecule has 0 spiro atoms. The predicted molar refractivity (Wildman–Crippen MR) is 102 cm³/mol. The monoisotopic (exact) mass is 383 g/mol. The van der Waals surface area contributed by atoms with Crippen molar-refractivity contribution in [2.45, 2.75) is 5.16 Å². The molecule has 0 aliphatic carbocycles. The summed E-state index contributed by atoms with van der Waals surface area (Å²) in [6.45, 7) is 0. The van der Waals surface area contributed by atoms with Gasteiger partial charge in [0.15, 0.2) is 11.0 Å². The summed E-state index contributed by atoms with van der Waals surface area (Å²) in [5, 5.41) is 21.4. The maximum atomic E-state index is 12.2. The van der Waals surface area contributed by atoms with Crippen LogP contribution in [0.4, 0.5) is 5.69 Å². The Hall–Kier alpha value is -2.82. The van der Waals surface area contributed by atoms with E-state index in [0.717, 1.165) is 5.56 Å². The normalized spacial score (nSPS) is 10.3. The number of hydrogen-bond acceptors (Lipinski definition) is 5. The molecule has 0 unspecified atom stereocenters. The van der Waals surface area contributed by atoms with E-state index >= 15 is 0 Å². The van der Waals surface area contributed by atoms with Crippen molar-refractivity contribution in [2.24, 2.45) is 7.05 Å². The molecule has 0 aliphatic rings. The fraction of sp³-hybridized carbons (Fsp3) is 0.111. The van der Waals surface area contributed by atoms with Crippen LogP contribution in [-0.2, 0) is 11.8 Å². The summed E-state index contributed by atoms with van der Waals surface area (Å²) in [6, 6.07) is 16.2. The number of aromatic nitrogens is 3. The molecule has 0 saturated carbocycles. The lowest BCUT2D eigenvalue weighted by Gasteiger charge is -2.07. The second-order valence-electron chi connectivity index (χ2n) is 5.37. The van der Waals surface area contributed by atoms with Crippen LogP contribution in [0.5, 0.6) is 0 Å². The number of para-hydroxylation sites is 1. The highest BCUT2D eigenvalue weighted by molar-refractivity contribution is 7.99. The van der Waals surface area contributed by atoms with E-state index in [9.17, 15) is 4.79 Å². The number of benzene rings is 2. The SMILES string of the molecule is Cn1c(SCC(=O)Nc2ccccc2C#N)nnc1-c1ccc(Cl)cc1. The van der Waals surface area contributed by atoms with Gasteiger partial charge in [-0.1, -0.05) is 35.5 Å². The third-order valence-electron chi connectivity index (χ3n) is 3.59. The Labute approximate surface area is 159 Å². The molecule has 130 valence electrons. The van der Waals surface area contributed by atoms with Crippen molar-refractivity contribution in [1.29, 1.82) is 5.26 Å². The van der Waals surface area contributed by atoms with Crippen LogP contribution in [-0.4, -0.2) is 26.4 Å². The molecule has 0 atom stereocenters. The first-order chi connectivity index (χ1) is 12.6. The van der Waals surface area contributed by atoms with Crippen molar-refractivity contribution >= 4 is 35.0 Å². The minimum atomic E-state index is -0.214. The van der Waals surface area contributed by atoms with Gasteiger partial charge in [-0.15, -0.1) is 10.2 Å². The van der Waals surface area contributed by atoms with E-state index in [1.54, 1.807) is 36.4 Å². The van der Waals surface area contributed by atoms with E-state index in [-0.39, 0.29) is 11.7 Å². The predicted octanol–water partition coefficient (Wildman–Crippen LogP) is 3.74. The zero-order valence-corrected chi connectivity index (χ0v) is 15.4. The number of halogens is 1. The minimum absolute atomic E-state index is 0.159. The first-order valence-corrected chi connectivity index (χ1v) is 9.02. The molecule has 0 aliphatic heterocycles. The van der Waals surface area contributed by atoms with Gasteiger partial charge < -0.3 is 9.88 Å². The van der Waals surface area contributed by atoms with Gasteiger partial charge >= 0.3 is 0 Å². The molecule has 2 aromatic carbocycles. The van der Waals surface area contributed by atoms with Crippen molar-refractivity contribution in [3.63, 3.8) is 0 Å². The van der Waals surface area contributed by atoms with Crippen LogP contribution in [0.15, 0.2) is 53.7 Å². The Kier molecular flexibility index (Phi) is 5.56.